The summed E-state index contributed by atoms with van der Waals surface area (Å²) in [5, 5.41) is 10.4. The van der Waals surface area contributed by atoms with E-state index < -0.39 is 0 Å². The SMILES string of the molecule is CCC(=O)Cc1ccc(CC(=O)N(CCO)c2cccc3cccnc23)cc1. The smallest absolute Gasteiger partial charge is 0.231 e. The molecule has 0 unspecified atom stereocenters. The zero-order valence-electron chi connectivity index (χ0n) is 16.0. The molecule has 0 atom stereocenters. The summed E-state index contributed by atoms with van der Waals surface area (Å²) in [6, 6.07) is 17.0. The van der Waals surface area contributed by atoms with E-state index in [0.717, 1.165) is 22.0 Å². The number of hydrogen-bond acceptors (Lipinski definition) is 4. The lowest BCUT2D eigenvalue weighted by atomic mass is 10.0. The molecule has 5 heteroatoms. The Bertz CT molecular complexity index is 962. The van der Waals surface area contributed by atoms with E-state index in [9.17, 15) is 14.7 Å². The van der Waals surface area contributed by atoms with Gasteiger partial charge in [0.05, 0.1) is 24.2 Å². The summed E-state index contributed by atoms with van der Waals surface area (Å²) in [6.45, 7) is 1.93. The van der Waals surface area contributed by atoms with Gasteiger partial charge >= 0.3 is 0 Å². The first-order chi connectivity index (χ1) is 13.6. The van der Waals surface area contributed by atoms with Gasteiger partial charge < -0.3 is 10.0 Å². The van der Waals surface area contributed by atoms with Crippen LogP contribution < -0.4 is 4.90 Å². The van der Waals surface area contributed by atoms with Crippen molar-refractivity contribution in [3.8, 4) is 0 Å². The molecule has 1 N–H and O–H groups in total. The predicted octanol–water partition coefficient (Wildman–Crippen LogP) is 3.32. The number of anilines is 1. The van der Waals surface area contributed by atoms with Crippen LogP contribution in [0.5, 0.6) is 0 Å². The van der Waals surface area contributed by atoms with Gasteiger partial charge in [-0.25, -0.2) is 0 Å². The average Bonchev–Trinajstić information content (AvgIpc) is 2.73. The van der Waals surface area contributed by atoms with Crippen LogP contribution >= 0.6 is 0 Å². The molecule has 0 radical (unpaired) electrons. The topological polar surface area (TPSA) is 70.5 Å². The lowest BCUT2D eigenvalue weighted by Crippen LogP contribution is -2.35. The second kappa shape index (κ2) is 9.24. The highest BCUT2D eigenvalue weighted by molar-refractivity contribution is 6.02. The number of rotatable bonds is 8. The van der Waals surface area contributed by atoms with Gasteiger partial charge in [-0.1, -0.05) is 49.4 Å². The van der Waals surface area contributed by atoms with Crippen molar-refractivity contribution in [3.05, 3.63) is 71.9 Å². The molecule has 0 aliphatic carbocycles. The minimum atomic E-state index is -0.132. The zero-order valence-corrected chi connectivity index (χ0v) is 16.0. The summed E-state index contributed by atoms with van der Waals surface area (Å²) >= 11 is 0. The van der Waals surface area contributed by atoms with E-state index in [1.165, 1.54) is 0 Å². The Kier molecular flexibility index (Phi) is 6.50. The Morgan fingerprint density at radius 3 is 2.32 bits per heavy atom. The third-order valence-corrected chi connectivity index (χ3v) is 4.70. The number of ketones is 1. The molecule has 28 heavy (non-hydrogen) atoms. The maximum absolute atomic E-state index is 13.0. The summed E-state index contributed by atoms with van der Waals surface area (Å²) in [4.78, 5) is 30.6. The van der Waals surface area contributed by atoms with Gasteiger partial charge in [0.1, 0.15) is 5.78 Å². The molecule has 0 bridgehead atoms. The third kappa shape index (κ3) is 4.61. The van der Waals surface area contributed by atoms with Crippen molar-refractivity contribution in [1.29, 1.82) is 0 Å². The minimum Gasteiger partial charge on any atom is -0.395 e. The number of fused-ring (bicyclic) bond motifs is 1. The van der Waals surface area contributed by atoms with Crippen molar-refractivity contribution in [1.82, 2.24) is 4.98 Å². The van der Waals surface area contributed by atoms with Gasteiger partial charge in [-0.3, -0.25) is 14.6 Å². The number of aliphatic hydroxyl groups excluding tert-OH is 1. The van der Waals surface area contributed by atoms with Gasteiger partial charge in [0.2, 0.25) is 5.91 Å². The van der Waals surface area contributed by atoms with Crippen molar-refractivity contribution in [2.24, 2.45) is 0 Å². The van der Waals surface area contributed by atoms with Crippen molar-refractivity contribution in [2.75, 3.05) is 18.1 Å². The zero-order chi connectivity index (χ0) is 19.9. The van der Waals surface area contributed by atoms with Crippen LogP contribution in [-0.4, -0.2) is 34.9 Å². The molecule has 5 nitrogen and oxygen atoms in total. The van der Waals surface area contributed by atoms with Gasteiger partial charge in [-0.05, 0) is 23.3 Å². The number of aliphatic hydroxyl groups is 1. The van der Waals surface area contributed by atoms with Gasteiger partial charge in [-0.2, -0.15) is 0 Å². The number of carbonyl (C=O) groups is 2. The van der Waals surface area contributed by atoms with Crippen LogP contribution in [-0.2, 0) is 22.4 Å². The quantitative estimate of drug-likeness (QED) is 0.655. The number of pyridine rings is 1. The summed E-state index contributed by atoms with van der Waals surface area (Å²) in [5.74, 6) is 0.0889. The van der Waals surface area contributed by atoms with Crippen LogP contribution in [0.25, 0.3) is 10.9 Å². The largest absolute Gasteiger partial charge is 0.395 e. The molecule has 1 amide bonds. The normalized spacial score (nSPS) is 10.8. The highest BCUT2D eigenvalue weighted by Crippen LogP contribution is 2.25. The second-order valence-electron chi connectivity index (χ2n) is 6.68. The molecule has 0 aliphatic rings. The van der Waals surface area contributed by atoms with E-state index in [-0.39, 0.29) is 31.3 Å². The van der Waals surface area contributed by atoms with E-state index in [1.54, 1.807) is 11.1 Å². The fourth-order valence-corrected chi connectivity index (χ4v) is 3.18. The number of carbonyl (C=O) groups excluding carboxylic acids is 2. The summed E-state index contributed by atoms with van der Waals surface area (Å²) in [5.41, 5.74) is 3.25. The van der Waals surface area contributed by atoms with Crippen LogP contribution in [0.3, 0.4) is 0 Å². The molecule has 0 spiro atoms. The van der Waals surface area contributed by atoms with Crippen LogP contribution in [0.2, 0.25) is 0 Å². The number of para-hydroxylation sites is 1. The highest BCUT2D eigenvalue weighted by atomic mass is 16.3. The number of Topliss-reactive ketones (excluding diaryl/α,β-unsaturated/α-hetero) is 1. The van der Waals surface area contributed by atoms with Gasteiger partial charge in [0.25, 0.3) is 0 Å². The maximum atomic E-state index is 13.0. The summed E-state index contributed by atoms with van der Waals surface area (Å²) in [7, 11) is 0. The fourth-order valence-electron chi connectivity index (χ4n) is 3.18. The molecule has 144 valence electrons. The molecule has 1 heterocycles. The van der Waals surface area contributed by atoms with Crippen molar-refractivity contribution < 1.29 is 14.7 Å². The lowest BCUT2D eigenvalue weighted by Gasteiger charge is -2.23. The molecular formula is C23H24N2O3. The van der Waals surface area contributed by atoms with E-state index in [1.807, 2.05) is 61.5 Å². The van der Waals surface area contributed by atoms with Crippen molar-refractivity contribution in [3.63, 3.8) is 0 Å². The average molecular weight is 376 g/mol. The monoisotopic (exact) mass is 376 g/mol. The highest BCUT2D eigenvalue weighted by Gasteiger charge is 2.18. The lowest BCUT2D eigenvalue weighted by molar-refractivity contribution is -0.119. The molecule has 0 saturated heterocycles. The number of nitrogens with zero attached hydrogens (tertiary/aromatic N) is 2. The van der Waals surface area contributed by atoms with Crippen LogP contribution in [0.1, 0.15) is 24.5 Å². The maximum Gasteiger partial charge on any atom is 0.231 e. The van der Waals surface area contributed by atoms with E-state index in [2.05, 4.69) is 4.98 Å². The Hall–Kier alpha value is -3.05. The third-order valence-electron chi connectivity index (χ3n) is 4.70. The van der Waals surface area contributed by atoms with Crippen LogP contribution in [0, 0.1) is 0 Å². The molecule has 2 aromatic carbocycles. The van der Waals surface area contributed by atoms with Gasteiger partial charge in [-0.15, -0.1) is 0 Å². The fraction of sp³-hybridized carbons (Fsp3) is 0.261. The van der Waals surface area contributed by atoms with Crippen molar-refractivity contribution in [2.45, 2.75) is 26.2 Å². The summed E-state index contributed by atoms with van der Waals surface area (Å²) in [6.07, 6.45) is 2.85. The number of hydrogen-bond donors (Lipinski definition) is 1. The predicted molar refractivity (Wildman–Crippen MR) is 110 cm³/mol. The first-order valence-corrected chi connectivity index (χ1v) is 9.47. The Morgan fingerprint density at radius 2 is 1.64 bits per heavy atom. The van der Waals surface area contributed by atoms with E-state index >= 15 is 0 Å². The van der Waals surface area contributed by atoms with Crippen molar-refractivity contribution >= 4 is 28.3 Å². The molecule has 3 rings (SSSR count). The standard InChI is InChI=1S/C23H24N2O3/c1-2-20(27)15-17-8-10-18(11-9-17)16-22(28)25(13-14-26)21-7-3-5-19-6-4-12-24-23(19)21/h3-12,26H,2,13-16H2,1H3. The first-order valence-electron chi connectivity index (χ1n) is 9.47. The molecular weight excluding hydrogens is 352 g/mol. The van der Waals surface area contributed by atoms with Gasteiger partial charge in [0.15, 0.2) is 0 Å². The second-order valence-corrected chi connectivity index (χ2v) is 6.68. The number of amides is 1. The molecule has 0 saturated carbocycles. The number of aromatic nitrogens is 1. The van der Waals surface area contributed by atoms with Crippen LogP contribution in [0.4, 0.5) is 5.69 Å². The minimum absolute atomic E-state index is 0.107. The summed E-state index contributed by atoms with van der Waals surface area (Å²) < 4.78 is 0. The van der Waals surface area contributed by atoms with E-state index in [0.29, 0.717) is 18.5 Å². The Balaban J connectivity index is 1.81. The molecule has 0 fully saturated rings. The molecule has 1 aromatic heterocycles. The van der Waals surface area contributed by atoms with E-state index in [4.69, 9.17) is 0 Å². The Morgan fingerprint density at radius 1 is 0.964 bits per heavy atom. The first kappa shape index (κ1) is 19.7. The Labute approximate surface area is 164 Å². The van der Waals surface area contributed by atoms with Gasteiger partial charge in [0, 0.05) is 31.0 Å². The van der Waals surface area contributed by atoms with Crippen LogP contribution in [0.15, 0.2) is 60.8 Å². The molecule has 0 aliphatic heterocycles. The molecule has 3 aromatic rings. The number of benzene rings is 2.